The molecule has 1 heterocycles. The van der Waals surface area contributed by atoms with E-state index >= 15 is 0 Å². The van der Waals surface area contributed by atoms with Gasteiger partial charge in [-0.3, -0.25) is 14.5 Å². The molecule has 2 N–H and O–H groups in total. The van der Waals surface area contributed by atoms with E-state index in [1.54, 1.807) is 0 Å². The summed E-state index contributed by atoms with van der Waals surface area (Å²) in [5, 5.41) is 5.64. The van der Waals surface area contributed by atoms with Crippen molar-refractivity contribution in [3.8, 4) is 0 Å². The Bertz CT molecular complexity index is 708. The molecule has 1 saturated heterocycles. The van der Waals surface area contributed by atoms with Gasteiger partial charge in [-0.15, -0.1) is 0 Å². The smallest absolute Gasteiger partial charge is 0.325 e. The monoisotopic (exact) mass is 329 g/mol. The molecule has 0 unspecified atom stereocenters. The molecule has 0 aromatic heterocycles. The summed E-state index contributed by atoms with van der Waals surface area (Å²) in [6, 6.07) is 7.20. The van der Waals surface area contributed by atoms with E-state index in [2.05, 4.69) is 10.6 Å². The number of carbonyl (C=O) groups is 3. The van der Waals surface area contributed by atoms with Crippen LogP contribution in [0.15, 0.2) is 24.3 Å². The number of aryl methyl sites for hydroxylation is 1. The fraction of sp³-hybridized carbons (Fsp3) is 0.500. The van der Waals surface area contributed by atoms with E-state index in [0.29, 0.717) is 6.42 Å². The highest BCUT2D eigenvalue weighted by atomic mass is 16.2. The second-order valence-electron chi connectivity index (χ2n) is 7.54. The maximum atomic E-state index is 13.0. The van der Waals surface area contributed by atoms with Crippen molar-refractivity contribution in [3.05, 3.63) is 35.4 Å². The third kappa shape index (κ3) is 2.77. The van der Waals surface area contributed by atoms with Gasteiger partial charge in [-0.25, -0.2) is 4.79 Å². The number of imide groups is 1. The lowest BCUT2D eigenvalue weighted by molar-refractivity contribution is -0.136. The summed E-state index contributed by atoms with van der Waals surface area (Å²) in [7, 11) is 0. The molecule has 1 aliphatic heterocycles. The molecule has 1 spiro atoms. The van der Waals surface area contributed by atoms with Gasteiger partial charge in [0.2, 0.25) is 5.91 Å². The van der Waals surface area contributed by atoms with Crippen LogP contribution in [0.2, 0.25) is 0 Å². The zero-order chi connectivity index (χ0) is 17.5. The predicted octanol–water partition coefficient (Wildman–Crippen LogP) is 1.68. The van der Waals surface area contributed by atoms with Crippen LogP contribution in [0.4, 0.5) is 4.79 Å². The molecular weight excluding hydrogens is 306 g/mol. The second-order valence-corrected chi connectivity index (χ2v) is 7.54. The number of benzene rings is 1. The zero-order valence-electron chi connectivity index (χ0n) is 14.3. The van der Waals surface area contributed by atoms with Crippen LogP contribution in [0, 0.1) is 0 Å². The van der Waals surface area contributed by atoms with E-state index in [1.165, 1.54) is 0 Å². The molecule has 1 fully saturated rings. The third-order valence-corrected chi connectivity index (χ3v) is 4.47. The number of nitrogens with zero attached hydrogens (tertiary/aromatic N) is 1. The van der Waals surface area contributed by atoms with Crippen molar-refractivity contribution in [3.63, 3.8) is 0 Å². The first-order chi connectivity index (χ1) is 11.2. The average Bonchev–Trinajstić information content (AvgIpc) is 2.71. The Morgan fingerprint density at radius 1 is 1.29 bits per heavy atom. The second kappa shape index (κ2) is 5.61. The maximum absolute atomic E-state index is 13.0. The van der Waals surface area contributed by atoms with Crippen LogP contribution in [0.1, 0.15) is 44.7 Å². The fourth-order valence-electron chi connectivity index (χ4n) is 3.56. The Hall–Kier alpha value is -2.37. The Kier molecular flexibility index (Phi) is 3.86. The molecule has 24 heavy (non-hydrogen) atoms. The molecule has 1 aromatic carbocycles. The van der Waals surface area contributed by atoms with Crippen LogP contribution in [0.25, 0.3) is 0 Å². The topological polar surface area (TPSA) is 78.5 Å². The lowest BCUT2D eigenvalue weighted by Gasteiger charge is -2.33. The van der Waals surface area contributed by atoms with Crippen LogP contribution in [0.5, 0.6) is 0 Å². The predicted molar refractivity (Wildman–Crippen MR) is 89.2 cm³/mol. The minimum Gasteiger partial charge on any atom is -0.350 e. The Morgan fingerprint density at radius 3 is 2.71 bits per heavy atom. The van der Waals surface area contributed by atoms with Crippen LogP contribution >= 0.6 is 0 Å². The minimum absolute atomic E-state index is 0.258. The van der Waals surface area contributed by atoms with Crippen LogP contribution in [-0.2, 0) is 21.5 Å². The van der Waals surface area contributed by atoms with Crippen molar-refractivity contribution < 1.29 is 14.4 Å². The number of nitrogens with one attached hydrogen (secondary N) is 2. The first-order valence-corrected chi connectivity index (χ1v) is 8.26. The van der Waals surface area contributed by atoms with Crippen molar-refractivity contribution in [2.75, 3.05) is 6.54 Å². The van der Waals surface area contributed by atoms with Gasteiger partial charge in [-0.1, -0.05) is 24.3 Å². The summed E-state index contributed by atoms with van der Waals surface area (Å²) >= 11 is 0. The lowest BCUT2D eigenvalue weighted by Crippen LogP contribution is -2.49. The highest BCUT2D eigenvalue weighted by Gasteiger charge is 2.54. The minimum atomic E-state index is -1.02. The zero-order valence-corrected chi connectivity index (χ0v) is 14.3. The molecule has 6 nitrogen and oxygen atoms in total. The number of amides is 4. The number of fused-ring (bicyclic) bond motifs is 2. The molecule has 1 aliphatic carbocycles. The van der Waals surface area contributed by atoms with Crippen molar-refractivity contribution in [1.82, 2.24) is 15.5 Å². The molecule has 0 saturated carbocycles. The van der Waals surface area contributed by atoms with Gasteiger partial charge in [-0.2, -0.15) is 0 Å². The third-order valence-electron chi connectivity index (χ3n) is 4.47. The van der Waals surface area contributed by atoms with E-state index in [4.69, 9.17) is 0 Å². The Balaban J connectivity index is 1.87. The number of hydrogen-bond donors (Lipinski definition) is 2. The van der Waals surface area contributed by atoms with Crippen molar-refractivity contribution in [2.24, 2.45) is 0 Å². The van der Waals surface area contributed by atoms with Gasteiger partial charge in [0, 0.05) is 5.54 Å². The molecular formula is C18H23N3O3. The standard InChI is InChI=1S/C18H23N3O3/c1-17(2,3)19-14(22)11-21-15(23)18(20-16(21)24)10-6-8-12-7-4-5-9-13(12)18/h4-5,7,9H,6,8,10-11H2,1-3H3,(H,19,22)(H,20,24)/t18-/m1/s1. The Labute approximate surface area is 141 Å². The van der Waals surface area contributed by atoms with E-state index in [-0.39, 0.29) is 18.4 Å². The summed E-state index contributed by atoms with van der Waals surface area (Å²) in [6.45, 7) is 5.31. The largest absolute Gasteiger partial charge is 0.350 e. The van der Waals surface area contributed by atoms with Gasteiger partial charge in [0.05, 0.1) is 0 Å². The molecule has 1 aromatic rings. The van der Waals surface area contributed by atoms with Gasteiger partial charge in [0.25, 0.3) is 5.91 Å². The lowest BCUT2D eigenvalue weighted by atomic mass is 9.76. The molecule has 0 radical (unpaired) electrons. The summed E-state index contributed by atoms with van der Waals surface area (Å²) in [5.41, 5.74) is 0.506. The first-order valence-electron chi connectivity index (χ1n) is 8.26. The van der Waals surface area contributed by atoms with Crippen LogP contribution < -0.4 is 10.6 Å². The van der Waals surface area contributed by atoms with Gasteiger partial charge in [-0.05, 0) is 51.2 Å². The van der Waals surface area contributed by atoms with Crippen molar-refractivity contribution in [1.29, 1.82) is 0 Å². The number of rotatable bonds is 2. The van der Waals surface area contributed by atoms with E-state index < -0.39 is 17.1 Å². The summed E-state index contributed by atoms with van der Waals surface area (Å²) in [6.07, 6.45) is 2.28. The van der Waals surface area contributed by atoms with Crippen LogP contribution in [0.3, 0.4) is 0 Å². The molecule has 0 bridgehead atoms. The summed E-state index contributed by atoms with van der Waals surface area (Å²) in [4.78, 5) is 38.6. The molecule has 6 heteroatoms. The van der Waals surface area contributed by atoms with Gasteiger partial charge < -0.3 is 10.6 Å². The summed E-state index contributed by atoms with van der Waals surface area (Å²) in [5.74, 6) is -0.671. The van der Waals surface area contributed by atoms with Gasteiger partial charge in [0.1, 0.15) is 12.1 Å². The number of carbonyl (C=O) groups excluding carboxylic acids is 3. The average molecular weight is 329 g/mol. The van der Waals surface area contributed by atoms with Gasteiger partial charge >= 0.3 is 6.03 Å². The molecule has 128 valence electrons. The molecule has 2 aliphatic rings. The van der Waals surface area contributed by atoms with Crippen molar-refractivity contribution in [2.45, 2.75) is 51.1 Å². The molecule has 4 amide bonds. The van der Waals surface area contributed by atoms with Crippen molar-refractivity contribution >= 4 is 17.8 Å². The number of urea groups is 1. The quantitative estimate of drug-likeness (QED) is 0.811. The highest BCUT2D eigenvalue weighted by Crippen LogP contribution is 2.39. The van der Waals surface area contributed by atoms with E-state index in [9.17, 15) is 14.4 Å². The van der Waals surface area contributed by atoms with E-state index in [0.717, 1.165) is 28.9 Å². The molecule has 3 rings (SSSR count). The Morgan fingerprint density at radius 2 is 2.00 bits per heavy atom. The molecule has 1 atom stereocenters. The van der Waals surface area contributed by atoms with Crippen LogP contribution in [-0.4, -0.2) is 34.8 Å². The number of hydrogen-bond acceptors (Lipinski definition) is 3. The maximum Gasteiger partial charge on any atom is 0.325 e. The van der Waals surface area contributed by atoms with Gasteiger partial charge in [0.15, 0.2) is 0 Å². The summed E-state index contributed by atoms with van der Waals surface area (Å²) < 4.78 is 0. The first kappa shape index (κ1) is 16.5. The van der Waals surface area contributed by atoms with E-state index in [1.807, 2.05) is 45.0 Å². The highest BCUT2D eigenvalue weighted by molar-refractivity contribution is 6.09. The fourth-order valence-corrected chi connectivity index (χ4v) is 3.56. The SMILES string of the molecule is CC(C)(C)NC(=O)CN1C(=O)N[C@@]2(CCCc3ccccc32)C1=O. The normalized spacial score (nSPS) is 23.2.